The predicted octanol–water partition coefficient (Wildman–Crippen LogP) is 1.47. The van der Waals surface area contributed by atoms with Gasteiger partial charge in [0.25, 0.3) is 0 Å². The maximum Gasteiger partial charge on any atom is 0.242 e. The minimum atomic E-state index is -0.592. The van der Waals surface area contributed by atoms with Crippen molar-refractivity contribution in [3.05, 3.63) is 35.6 Å². The fourth-order valence-corrected chi connectivity index (χ4v) is 3.37. The van der Waals surface area contributed by atoms with Crippen molar-refractivity contribution < 1.29 is 19.1 Å². The molecule has 124 valence electrons. The van der Waals surface area contributed by atoms with Gasteiger partial charge in [0, 0.05) is 19.5 Å². The zero-order valence-electron chi connectivity index (χ0n) is 12.9. The van der Waals surface area contributed by atoms with Gasteiger partial charge in [-0.15, -0.1) is 0 Å². The molecule has 23 heavy (non-hydrogen) atoms. The van der Waals surface area contributed by atoms with Crippen molar-refractivity contribution in [1.29, 1.82) is 0 Å². The van der Waals surface area contributed by atoms with Gasteiger partial charge in [-0.3, -0.25) is 9.59 Å². The van der Waals surface area contributed by atoms with Crippen molar-refractivity contribution in [3.8, 4) is 0 Å². The van der Waals surface area contributed by atoms with Gasteiger partial charge in [0.05, 0.1) is 18.7 Å². The highest BCUT2D eigenvalue weighted by Gasteiger charge is 2.36. The maximum atomic E-state index is 13.1. The van der Waals surface area contributed by atoms with Crippen LogP contribution < -0.4 is 0 Å². The molecule has 2 saturated heterocycles. The van der Waals surface area contributed by atoms with Gasteiger partial charge in [-0.05, 0) is 37.0 Å². The zero-order valence-corrected chi connectivity index (χ0v) is 12.9. The van der Waals surface area contributed by atoms with E-state index in [1.807, 2.05) is 0 Å². The Kier molecular flexibility index (Phi) is 4.61. The molecule has 1 aromatic carbocycles. The third kappa shape index (κ3) is 3.52. The third-order valence-electron chi connectivity index (χ3n) is 4.60. The molecule has 2 aliphatic heterocycles. The number of aliphatic hydroxyl groups excluding tert-OH is 1. The quantitative estimate of drug-likeness (QED) is 0.917. The van der Waals surface area contributed by atoms with Crippen LogP contribution in [0.2, 0.25) is 0 Å². The minimum Gasteiger partial charge on any atom is -0.391 e. The Morgan fingerprint density at radius 3 is 2.70 bits per heavy atom. The van der Waals surface area contributed by atoms with E-state index in [1.54, 1.807) is 21.9 Å². The van der Waals surface area contributed by atoms with Gasteiger partial charge in [-0.1, -0.05) is 12.1 Å². The standard InChI is InChI=1S/C17H21FN2O3/c18-13-6-4-12(5-7-13)15-9-14(21)10-20(15)17(23)11-19-8-2-1-3-16(19)22/h4-7,14-15,21H,1-3,8-11H2/t14-,15-/m1/s1. The molecule has 2 aliphatic rings. The number of nitrogens with zero attached hydrogens (tertiary/aromatic N) is 2. The Morgan fingerprint density at radius 1 is 1.26 bits per heavy atom. The van der Waals surface area contributed by atoms with E-state index in [4.69, 9.17) is 0 Å². The fourth-order valence-electron chi connectivity index (χ4n) is 3.37. The largest absolute Gasteiger partial charge is 0.391 e. The van der Waals surface area contributed by atoms with Crippen molar-refractivity contribution >= 4 is 11.8 Å². The molecule has 0 aromatic heterocycles. The van der Waals surface area contributed by atoms with Gasteiger partial charge in [-0.25, -0.2) is 4.39 Å². The molecule has 0 radical (unpaired) electrons. The van der Waals surface area contributed by atoms with Crippen LogP contribution in [0.15, 0.2) is 24.3 Å². The van der Waals surface area contributed by atoms with Crippen LogP contribution >= 0.6 is 0 Å². The summed E-state index contributed by atoms with van der Waals surface area (Å²) in [7, 11) is 0. The Bertz CT molecular complexity index is 590. The van der Waals surface area contributed by atoms with Crippen LogP contribution in [0.4, 0.5) is 4.39 Å². The number of aliphatic hydroxyl groups is 1. The van der Waals surface area contributed by atoms with E-state index in [0.29, 0.717) is 19.4 Å². The molecule has 0 saturated carbocycles. The molecule has 2 fully saturated rings. The molecule has 0 bridgehead atoms. The van der Waals surface area contributed by atoms with Crippen LogP contribution in [-0.4, -0.2) is 52.5 Å². The number of carbonyl (C=O) groups is 2. The normalized spacial score (nSPS) is 25.0. The number of benzene rings is 1. The minimum absolute atomic E-state index is 0.0164. The van der Waals surface area contributed by atoms with Gasteiger partial charge >= 0.3 is 0 Å². The number of carbonyl (C=O) groups excluding carboxylic acids is 2. The lowest BCUT2D eigenvalue weighted by atomic mass is 10.0. The van der Waals surface area contributed by atoms with Gasteiger partial charge in [-0.2, -0.15) is 0 Å². The van der Waals surface area contributed by atoms with Gasteiger partial charge in [0.2, 0.25) is 11.8 Å². The molecule has 3 rings (SSSR count). The average molecular weight is 320 g/mol. The first-order valence-corrected chi connectivity index (χ1v) is 8.05. The molecule has 6 heteroatoms. The van der Waals surface area contributed by atoms with Crippen LogP contribution in [0.1, 0.15) is 37.3 Å². The summed E-state index contributed by atoms with van der Waals surface area (Å²) in [4.78, 5) is 27.7. The summed E-state index contributed by atoms with van der Waals surface area (Å²) >= 11 is 0. The lowest BCUT2D eigenvalue weighted by Crippen LogP contribution is -2.44. The van der Waals surface area contributed by atoms with E-state index in [1.165, 1.54) is 12.1 Å². The van der Waals surface area contributed by atoms with Crippen molar-refractivity contribution in [1.82, 2.24) is 9.80 Å². The lowest BCUT2D eigenvalue weighted by molar-refractivity contribution is -0.142. The molecule has 2 atom stereocenters. The second kappa shape index (κ2) is 6.66. The summed E-state index contributed by atoms with van der Waals surface area (Å²) in [5, 5.41) is 9.94. The van der Waals surface area contributed by atoms with Crippen LogP contribution in [0.5, 0.6) is 0 Å². The summed E-state index contributed by atoms with van der Waals surface area (Å²) in [6.45, 7) is 0.925. The van der Waals surface area contributed by atoms with Crippen LogP contribution in [-0.2, 0) is 9.59 Å². The molecular weight excluding hydrogens is 299 g/mol. The molecule has 1 N–H and O–H groups in total. The lowest BCUT2D eigenvalue weighted by Gasteiger charge is -2.30. The van der Waals surface area contributed by atoms with Crippen molar-refractivity contribution in [2.45, 2.75) is 37.8 Å². The highest BCUT2D eigenvalue weighted by atomic mass is 19.1. The average Bonchev–Trinajstić information content (AvgIpc) is 2.92. The summed E-state index contributed by atoms with van der Waals surface area (Å²) in [6, 6.07) is 5.74. The SMILES string of the molecule is O=C1CCCCN1CC(=O)N1C[C@H](O)C[C@@H]1c1ccc(F)cc1. The molecule has 0 spiro atoms. The maximum absolute atomic E-state index is 13.1. The molecule has 2 amide bonds. The van der Waals surface area contributed by atoms with E-state index >= 15 is 0 Å². The van der Waals surface area contributed by atoms with Gasteiger partial charge < -0.3 is 14.9 Å². The molecular formula is C17H21FN2O3. The van der Waals surface area contributed by atoms with Crippen LogP contribution in [0, 0.1) is 5.82 Å². The Morgan fingerprint density at radius 2 is 2.00 bits per heavy atom. The topological polar surface area (TPSA) is 60.9 Å². The highest BCUT2D eigenvalue weighted by molar-refractivity contribution is 5.85. The summed E-state index contributed by atoms with van der Waals surface area (Å²) in [5.41, 5.74) is 0.807. The van der Waals surface area contributed by atoms with Crippen molar-refractivity contribution in [3.63, 3.8) is 0 Å². The number of β-amino-alcohol motifs (C(OH)–C–C–N with tert-alkyl or cyclic N) is 1. The van der Waals surface area contributed by atoms with Gasteiger partial charge in [0.1, 0.15) is 5.82 Å². The molecule has 2 heterocycles. The van der Waals surface area contributed by atoms with Crippen molar-refractivity contribution in [2.24, 2.45) is 0 Å². The molecule has 1 aromatic rings. The molecule has 0 unspecified atom stereocenters. The number of hydrogen-bond acceptors (Lipinski definition) is 3. The monoisotopic (exact) mass is 320 g/mol. The van der Waals surface area contributed by atoms with Gasteiger partial charge in [0.15, 0.2) is 0 Å². The number of amides is 2. The van der Waals surface area contributed by atoms with Crippen molar-refractivity contribution in [2.75, 3.05) is 19.6 Å². The number of halogens is 1. The first-order chi connectivity index (χ1) is 11.0. The van der Waals surface area contributed by atoms with E-state index < -0.39 is 6.10 Å². The molecule has 0 aliphatic carbocycles. The zero-order chi connectivity index (χ0) is 16.4. The fraction of sp³-hybridized carbons (Fsp3) is 0.529. The Balaban J connectivity index is 1.72. The predicted molar refractivity (Wildman–Crippen MR) is 81.9 cm³/mol. The first-order valence-electron chi connectivity index (χ1n) is 8.05. The van der Waals surface area contributed by atoms with Crippen LogP contribution in [0.25, 0.3) is 0 Å². The number of hydrogen-bond donors (Lipinski definition) is 1. The Hall–Kier alpha value is -1.95. The second-order valence-electron chi connectivity index (χ2n) is 6.28. The summed E-state index contributed by atoms with van der Waals surface area (Å²) in [6.07, 6.45) is 2.14. The third-order valence-corrected chi connectivity index (χ3v) is 4.60. The second-order valence-corrected chi connectivity index (χ2v) is 6.28. The van der Waals surface area contributed by atoms with E-state index in [9.17, 15) is 19.1 Å². The van der Waals surface area contributed by atoms with E-state index in [0.717, 1.165) is 18.4 Å². The molecule has 5 nitrogen and oxygen atoms in total. The highest BCUT2D eigenvalue weighted by Crippen LogP contribution is 2.32. The summed E-state index contributed by atoms with van der Waals surface area (Å²) in [5.74, 6) is -0.474. The smallest absolute Gasteiger partial charge is 0.242 e. The van der Waals surface area contributed by atoms with E-state index in [-0.39, 0.29) is 36.8 Å². The number of likely N-dealkylation sites (tertiary alicyclic amines) is 2. The number of piperidine rings is 1. The van der Waals surface area contributed by atoms with Crippen LogP contribution in [0.3, 0.4) is 0 Å². The number of rotatable bonds is 3. The first kappa shape index (κ1) is 15.9. The Labute approximate surface area is 134 Å². The van der Waals surface area contributed by atoms with E-state index in [2.05, 4.69) is 0 Å². The summed E-state index contributed by atoms with van der Waals surface area (Å²) < 4.78 is 13.1.